The van der Waals surface area contributed by atoms with Crippen LogP contribution in [-0.4, -0.2) is 14.5 Å². The van der Waals surface area contributed by atoms with E-state index < -0.39 is 0 Å². The zero-order valence-electron chi connectivity index (χ0n) is 13.0. The Kier molecular flexibility index (Phi) is 6.61. The molecular formula is C18H26Se. The molecule has 0 saturated carbocycles. The van der Waals surface area contributed by atoms with Gasteiger partial charge in [0, 0.05) is 0 Å². The summed E-state index contributed by atoms with van der Waals surface area (Å²) in [6, 6.07) is 10.9. The third-order valence-electron chi connectivity index (χ3n) is 3.33. The Morgan fingerprint density at radius 2 is 1.32 bits per heavy atom. The number of hydrogen-bond donors (Lipinski definition) is 0. The van der Waals surface area contributed by atoms with Crippen LogP contribution in [0.15, 0.2) is 35.3 Å². The predicted molar refractivity (Wildman–Crippen MR) is 87.5 cm³/mol. The van der Waals surface area contributed by atoms with Gasteiger partial charge < -0.3 is 0 Å². The Morgan fingerprint density at radius 3 is 1.58 bits per heavy atom. The summed E-state index contributed by atoms with van der Waals surface area (Å²) in [6.45, 7) is 13.4. The molecule has 0 aliphatic carbocycles. The minimum atomic E-state index is 0.638. The molecule has 1 aromatic carbocycles. The zero-order chi connectivity index (χ0) is 14.4. The van der Waals surface area contributed by atoms with Crippen molar-refractivity contribution >= 4 is 14.5 Å². The quantitative estimate of drug-likeness (QED) is 0.659. The maximum absolute atomic E-state index is 2.26. The van der Waals surface area contributed by atoms with Crippen LogP contribution in [0.2, 0.25) is 0 Å². The molecule has 1 aromatic heterocycles. The van der Waals surface area contributed by atoms with Crippen molar-refractivity contribution in [3.8, 4) is 0 Å². The van der Waals surface area contributed by atoms with Crippen molar-refractivity contribution in [1.29, 1.82) is 0 Å². The zero-order valence-corrected chi connectivity index (χ0v) is 14.7. The van der Waals surface area contributed by atoms with E-state index in [9.17, 15) is 0 Å². The predicted octanol–water partition coefficient (Wildman–Crippen LogP) is 5.29. The van der Waals surface area contributed by atoms with Crippen LogP contribution in [0, 0.1) is 13.8 Å². The number of aryl methyl sites for hydroxylation is 1. The molecule has 19 heavy (non-hydrogen) atoms. The van der Waals surface area contributed by atoms with Gasteiger partial charge in [0.2, 0.25) is 0 Å². The second kappa shape index (κ2) is 7.72. The molecule has 0 atom stereocenters. The van der Waals surface area contributed by atoms with Gasteiger partial charge in [0.1, 0.15) is 0 Å². The summed E-state index contributed by atoms with van der Waals surface area (Å²) >= 11 is 0.708. The van der Waals surface area contributed by atoms with Crippen molar-refractivity contribution in [2.45, 2.75) is 53.4 Å². The first-order valence-corrected chi connectivity index (χ1v) is 8.87. The van der Waals surface area contributed by atoms with E-state index in [0.29, 0.717) is 26.3 Å². The van der Waals surface area contributed by atoms with E-state index in [2.05, 4.69) is 76.8 Å². The molecule has 2 aromatic rings. The molecule has 0 spiro atoms. The minimum absolute atomic E-state index is 0.638. The number of rotatable bonds is 2. The second-order valence-corrected chi connectivity index (χ2v) is 8.01. The molecule has 0 nitrogen and oxygen atoms in total. The van der Waals surface area contributed by atoms with Gasteiger partial charge in [0.25, 0.3) is 0 Å². The van der Waals surface area contributed by atoms with Crippen LogP contribution in [0.5, 0.6) is 0 Å². The van der Waals surface area contributed by atoms with E-state index in [-0.39, 0.29) is 0 Å². The van der Waals surface area contributed by atoms with Crippen LogP contribution in [0.3, 0.4) is 0 Å². The van der Waals surface area contributed by atoms with Crippen molar-refractivity contribution in [3.05, 3.63) is 56.4 Å². The molecule has 0 aliphatic heterocycles. The first kappa shape index (κ1) is 16.3. The van der Waals surface area contributed by atoms with E-state index >= 15 is 0 Å². The number of benzene rings is 1. The van der Waals surface area contributed by atoms with Gasteiger partial charge in [0.05, 0.1) is 0 Å². The Hall–Kier alpha value is -0.781. The van der Waals surface area contributed by atoms with E-state index in [1.165, 1.54) is 21.1 Å². The summed E-state index contributed by atoms with van der Waals surface area (Å²) in [5.41, 5.74) is 4.46. The van der Waals surface area contributed by atoms with Crippen LogP contribution in [-0.2, 0) is 0 Å². The Morgan fingerprint density at radius 1 is 0.789 bits per heavy atom. The summed E-state index contributed by atoms with van der Waals surface area (Å²) in [4.78, 5) is 2.22. The fourth-order valence-electron chi connectivity index (χ4n) is 2.28. The average molecular weight is 321 g/mol. The summed E-state index contributed by atoms with van der Waals surface area (Å²) in [6.07, 6.45) is 0. The van der Waals surface area contributed by atoms with Crippen molar-refractivity contribution in [3.63, 3.8) is 0 Å². The topological polar surface area (TPSA) is 0 Å². The molecule has 0 N–H and O–H groups in total. The third kappa shape index (κ3) is 5.01. The Balaban J connectivity index is 0.000000250. The van der Waals surface area contributed by atoms with E-state index in [4.69, 9.17) is 0 Å². The molecule has 0 fully saturated rings. The maximum atomic E-state index is 2.26. The molecule has 1 heteroatoms. The second-order valence-electron chi connectivity index (χ2n) is 5.59. The normalized spacial score (nSPS) is 10.5. The summed E-state index contributed by atoms with van der Waals surface area (Å²) in [5.74, 6) is 1.28. The molecule has 0 radical (unpaired) electrons. The van der Waals surface area contributed by atoms with E-state index in [1.807, 2.05) is 0 Å². The summed E-state index contributed by atoms with van der Waals surface area (Å²) in [7, 11) is 0. The molecule has 104 valence electrons. The fourth-order valence-corrected chi connectivity index (χ4v) is 3.39. The summed E-state index contributed by atoms with van der Waals surface area (Å²) < 4.78 is 1.53. The van der Waals surface area contributed by atoms with Gasteiger partial charge in [-0.1, -0.05) is 45.9 Å². The molecule has 0 aliphatic rings. The Labute approximate surface area is 124 Å². The van der Waals surface area contributed by atoms with Crippen molar-refractivity contribution in [2.75, 3.05) is 0 Å². The van der Waals surface area contributed by atoms with Gasteiger partial charge in [0.15, 0.2) is 0 Å². The molecule has 0 unspecified atom stereocenters. The van der Waals surface area contributed by atoms with E-state index in [0.717, 1.165) is 0 Å². The molecule has 1 heterocycles. The van der Waals surface area contributed by atoms with Crippen LogP contribution in [0.25, 0.3) is 0 Å². The summed E-state index contributed by atoms with van der Waals surface area (Å²) in [5, 5.41) is 0. The van der Waals surface area contributed by atoms with Gasteiger partial charge in [-0.05, 0) is 35.4 Å². The van der Waals surface area contributed by atoms with Crippen molar-refractivity contribution in [2.24, 2.45) is 0 Å². The molecule has 0 bridgehead atoms. The molecular weight excluding hydrogens is 295 g/mol. The van der Waals surface area contributed by atoms with Gasteiger partial charge in [-0.15, -0.1) is 0 Å². The van der Waals surface area contributed by atoms with Gasteiger partial charge in [-0.25, -0.2) is 0 Å². The third-order valence-corrected chi connectivity index (χ3v) is 5.01. The molecule has 0 saturated heterocycles. The van der Waals surface area contributed by atoms with E-state index in [1.54, 1.807) is 0 Å². The van der Waals surface area contributed by atoms with Crippen LogP contribution < -0.4 is 0 Å². The number of hydrogen-bond acceptors (Lipinski definition) is 0. The van der Waals surface area contributed by atoms with Crippen LogP contribution in [0.4, 0.5) is 0 Å². The van der Waals surface area contributed by atoms with Gasteiger partial charge >= 0.3 is 42.9 Å². The van der Waals surface area contributed by atoms with Gasteiger partial charge in [-0.3, -0.25) is 0 Å². The monoisotopic (exact) mass is 322 g/mol. The fraction of sp³-hybridized carbons (Fsp3) is 0.444. The average Bonchev–Trinajstić information content (AvgIpc) is 2.80. The first-order valence-electron chi connectivity index (χ1n) is 7.03. The standard InChI is InChI=1S/C13H20.C5H6Se/c1-9(2)12-7-6-8-13(10(3)4)11(12)5;1-5-3-2-4-6-5/h6-10H,1-5H3;2-4H,1H3. The van der Waals surface area contributed by atoms with Crippen LogP contribution in [0.1, 0.15) is 60.7 Å². The Bertz CT molecular complexity index is 452. The molecule has 2 rings (SSSR count). The SMILES string of the molecule is Cc1c(C(C)C)cccc1C(C)C.Cc1ccc[se]1. The first-order chi connectivity index (χ1) is 8.93. The van der Waals surface area contributed by atoms with Crippen molar-refractivity contribution < 1.29 is 0 Å². The molecule has 0 amide bonds. The van der Waals surface area contributed by atoms with Gasteiger partial charge in [-0.2, -0.15) is 0 Å². The van der Waals surface area contributed by atoms with Crippen molar-refractivity contribution in [1.82, 2.24) is 0 Å². The van der Waals surface area contributed by atoms with Crippen LogP contribution >= 0.6 is 0 Å².